The SMILES string of the molecule is Cn1cncc1-c1cc(C=Cc2ccnn2C)c2cc(CCC#N)c(Cl)cc2n1. The lowest BCUT2D eigenvalue weighted by molar-refractivity contribution is 0.760. The molecule has 4 aromatic rings. The molecule has 0 saturated carbocycles. The van der Waals surface area contributed by atoms with Crippen molar-refractivity contribution in [3.63, 3.8) is 0 Å². The molecule has 144 valence electrons. The molecule has 0 saturated heterocycles. The van der Waals surface area contributed by atoms with Crippen molar-refractivity contribution in [3.8, 4) is 17.5 Å². The first kappa shape index (κ1) is 18.9. The maximum atomic E-state index is 8.94. The topological polar surface area (TPSA) is 72.3 Å². The standard InChI is InChI=1S/C22H19ClN6/c1-28-14-25-13-22(28)21-11-15(5-6-17-7-9-26-29(17)2)18-10-16(4-3-8-24)19(23)12-20(18)27-21/h5-7,9-14H,3-4H2,1-2H3. The Labute approximate surface area is 173 Å². The van der Waals surface area contributed by atoms with Gasteiger partial charge in [0.15, 0.2) is 0 Å². The van der Waals surface area contributed by atoms with Crippen LogP contribution < -0.4 is 0 Å². The number of imidazole rings is 1. The maximum Gasteiger partial charge on any atom is 0.0948 e. The molecule has 3 heterocycles. The van der Waals surface area contributed by atoms with Crippen LogP contribution in [-0.2, 0) is 20.5 Å². The highest BCUT2D eigenvalue weighted by Gasteiger charge is 2.12. The van der Waals surface area contributed by atoms with Gasteiger partial charge in [0.1, 0.15) is 0 Å². The van der Waals surface area contributed by atoms with Crippen LogP contribution in [0.3, 0.4) is 0 Å². The van der Waals surface area contributed by atoms with E-state index in [2.05, 4.69) is 22.2 Å². The molecule has 0 fully saturated rings. The zero-order valence-electron chi connectivity index (χ0n) is 16.2. The Kier molecular flexibility index (Phi) is 5.15. The van der Waals surface area contributed by atoms with Gasteiger partial charge in [-0.1, -0.05) is 17.7 Å². The van der Waals surface area contributed by atoms with Gasteiger partial charge in [0, 0.05) is 37.1 Å². The molecule has 0 amide bonds. The van der Waals surface area contributed by atoms with E-state index in [1.165, 1.54) is 0 Å². The van der Waals surface area contributed by atoms with Gasteiger partial charge in [-0.05, 0) is 47.9 Å². The number of aromatic nitrogens is 5. The Morgan fingerprint density at radius 3 is 2.76 bits per heavy atom. The molecule has 0 bridgehead atoms. The van der Waals surface area contributed by atoms with Crippen molar-refractivity contribution < 1.29 is 0 Å². The minimum atomic E-state index is 0.423. The second-order valence-corrected chi connectivity index (χ2v) is 7.23. The van der Waals surface area contributed by atoms with Crippen LogP contribution in [0.25, 0.3) is 34.4 Å². The second-order valence-electron chi connectivity index (χ2n) is 6.82. The Morgan fingerprint density at radius 1 is 1.21 bits per heavy atom. The van der Waals surface area contributed by atoms with Crippen LogP contribution in [0.4, 0.5) is 0 Å². The van der Waals surface area contributed by atoms with Gasteiger partial charge >= 0.3 is 0 Å². The van der Waals surface area contributed by atoms with Gasteiger partial charge in [-0.3, -0.25) is 4.68 Å². The van der Waals surface area contributed by atoms with Crippen LogP contribution in [-0.4, -0.2) is 24.3 Å². The quantitative estimate of drug-likeness (QED) is 0.487. The van der Waals surface area contributed by atoms with Gasteiger partial charge in [0.25, 0.3) is 0 Å². The molecule has 0 aliphatic carbocycles. The fourth-order valence-electron chi connectivity index (χ4n) is 3.30. The zero-order valence-corrected chi connectivity index (χ0v) is 16.9. The maximum absolute atomic E-state index is 8.94. The Bertz CT molecular complexity index is 1260. The average Bonchev–Trinajstić information content (AvgIpc) is 3.32. The Balaban J connectivity index is 1.90. The third-order valence-electron chi connectivity index (χ3n) is 4.89. The average molecular weight is 403 g/mol. The predicted octanol–water partition coefficient (Wildman–Crippen LogP) is 4.65. The van der Waals surface area contributed by atoms with Crippen LogP contribution in [0, 0.1) is 11.3 Å². The van der Waals surface area contributed by atoms with Crippen LogP contribution in [0.1, 0.15) is 23.2 Å². The van der Waals surface area contributed by atoms with Gasteiger partial charge in [-0.25, -0.2) is 9.97 Å². The van der Waals surface area contributed by atoms with Crippen molar-refractivity contribution in [2.24, 2.45) is 14.1 Å². The van der Waals surface area contributed by atoms with Gasteiger partial charge in [0.2, 0.25) is 0 Å². The van der Waals surface area contributed by atoms with Crippen molar-refractivity contribution in [3.05, 3.63) is 64.8 Å². The van der Waals surface area contributed by atoms with Gasteiger partial charge in [-0.2, -0.15) is 10.4 Å². The summed E-state index contributed by atoms with van der Waals surface area (Å²) in [6.07, 6.45) is 10.4. The number of aryl methyl sites for hydroxylation is 3. The van der Waals surface area contributed by atoms with Crippen molar-refractivity contribution in [1.82, 2.24) is 24.3 Å². The fraction of sp³-hybridized carbons (Fsp3) is 0.182. The summed E-state index contributed by atoms with van der Waals surface area (Å²) in [7, 11) is 3.85. The normalized spacial score (nSPS) is 11.4. The lowest BCUT2D eigenvalue weighted by Crippen LogP contribution is -1.96. The van der Waals surface area contributed by atoms with E-state index in [-0.39, 0.29) is 0 Å². The van der Waals surface area contributed by atoms with Crippen LogP contribution in [0.5, 0.6) is 0 Å². The predicted molar refractivity (Wildman–Crippen MR) is 115 cm³/mol. The van der Waals surface area contributed by atoms with Gasteiger partial charge in [-0.15, -0.1) is 0 Å². The molecule has 4 rings (SSSR count). The molecule has 3 aromatic heterocycles. The number of nitriles is 1. The molecular weight excluding hydrogens is 384 g/mol. The molecule has 6 nitrogen and oxygen atoms in total. The largest absolute Gasteiger partial charge is 0.332 e. The van der Waals surface area contributed by atoms with E-state index in [9.17, 15) is 0 Å². The Morgan fingerprint density at radius 2 is 2.07 bits per heavy atom. The number of pyridine rings is 1. The minimum Gasteiger partial charge on any atom is -0.332 e. The smallest absolute Gasteiger partial charge is 0.0948 e. The van der Waals surface area contributed by atoms with Gasteiger partial charge < -0.3 is 4.57 Å². The van der Waals surface area contributed by atoms with E-state index in [4.69, 9.17) is 21.8 Å². The number of nitrogens with zero attached hydrogens (tertiary/aromatic N) is 6. The highest BCUT2D eigenvalue weighted by molar-refractivity contribution is 6.32. The van der Waals surface area contributed by atoms with E-state index in [1.54, 1.807) is 18.7 Å². The molecule has 0 N–H and O–H groups in total. The van der Waals surface area contributed by atoms with Gasteiger partial charge in [0.05, 0.1) is 41.2 Å². The Hall–Kier alpha value is -3.43. The van der Waals surface area contributed by atoms with Crippen LogP contribution >= 0.6 is 11.6 Å². The molecule has 29 heavy (non-hydrogen) atoms. The number of hydrogen-bond donors (Lipinski definition) is 0. The van der Waals surface area contributed by atoms with Crippen LogP contribution in [0.2, 0.25) is 5.02 Å². The summed E-state index contributed by atoms with van der Waals surface area (Å²) in [5, 5.41) is 14.8. The number of rotatable bonds is 5. The number of benzene rings is 1. The summed E-state index contributed by atoms with van der Waals surface area (Å²) in [4.78, 5) is 9.03. The molecule has 0 unspecified atom stereocenters. The van der Waals surface area contributed by atoms with E-state index in [0.29, 0.717) is 17.9 Å². The van der Waals surface area contributed by atoms with E-state index in [0.717, 1.165) is 39.1 Å². The first-order chi connectivity index (χ1) is 14.1. The van der Waals surface area contributed by atoms with Crippen LogP contribution in [0.15, 0.2) is 43.0 Å². The summed E-state index contributed by atoms with van der Waals surface area (Å²) in [5.41, 5.74) is 5.51. The van der Waals surface area contributed by atoms with Crippen molar-refractivity contribution >= 4 is 34.7 Å². The van der Waals surface area contributed by atoms with Crippen molar-refractivity contribution in [2.45, 2.75) is 12.8 Å². The lowest BCUT2D eigenvalue weighted by atomic mass is 10.0. The molecule has 0 spiro atoms. The van der Waals surface area contributed by atoms with E-state index < -0.39 is 0 Å². The van der Waals surface area contributed by atoms with E-state index in [1.807, 2.05) is 53.7 Å². The third kappa shape index (κ3) is 3.78. The van der Waals surface area contributed by atoms with E-state index >= 15 is 0 Å². The summed E-state index contributed by atoms with van der Waals surface area (Å²) in [5.74, 6) is 0. The summed E-state index contributed by atoms with van der Waals surface area (Å²) in [6, 6.07) is 10.1. The summed E-state index contributed by atoms with van der Waals surface area (Å²) < 4.78 is 3.75. The first-order valence-electron chi connectivity index (χ1n) is 9.19. The molecular formula is C22H19ClN6. The second kappa shape index (κ2) is 7.90. The molecule has 0 aliphatic heterocycles. The number of hydrogen-bond acceptors (Lipinski definition) is 4. The third-order valence-corrected chi connectivity index (χ3v) is 5.24. The zero-order chi connectivity index (χ0) is 20.4. The molecule has 1 aromatic carbocycles. The number of fused-ring (bicyclic) bond motifs is 1. The monoisotopic (exact) mass is 402 g/mol. The first-order valence-corrected chi connectivity index (χ1v) is 9.57. The molecule has 0 aliphatic rings. The highest BCUT2D eigenvalue weighted by atomic mass is 35.5. The summed E-state index contributed by atoms with van der Waals surface area (Å²) >= 11 is 6.48. The molecule has 0 radical (unpaired) electrons. The molecule has 0 atom stereocenters. The van der Waals surface area contributed by atoms with Crippen molar-refractivity contribution in [1.29, 1.82) is 5.26 Å². The lowest BCUT2D eigenvalue weighted by Gasteiger charge is -2.11. The fourth-order valence-corrected chi connectivity index (χ4v) is 3.55. The van der Waals surface area contributed by atoms with Crippen molar-refractivity contribution in [2.75, 3.05) is 0 Å². The molecule has 7 heteroatoms. The highest BCUT2D eigenvalue weighted by Crippen LogP contribution is 2.30. The number of halogens is 1. The summed E-state index contributed by atoms with van der Waals surface area (Å²) in [6.45, 7) is 0. The minimum absolute atomic E-state index is 0.423.